The summed E-state index contributed by atoms with van der Waals surface area (Å²) in [5.41, 5.74) is 5.22. The molecule has 0 bridgehead atoms. The van der Waals surface area contributed by atoms with E-state index in [1.165, 1.54) is 6.26 Å². The number of alkyl carbamates (subject to hydrolysis) is 1. The van der Waals surface area contributed by atoms with Crippen LogP contribution in [0.1, 0.15) is 32.4 Å². The molecule has 1 heterocycles. The minimum atomic E-state index is -0.537. The van der Waals surface area contributed by atoms with Crippen LogP contribution in [0.2, 0.25) is 0 Å². The molecule has 94 valence electrons. The van der Waals surface area contributed by atoms with E-state index in [1.54, 1.807) is 20.8 Å². The van der Waals surface area contributed by atoms with Gasteiger partial charge in [0.25, 0.3) is 0 Å². The van der Waals surface area contributed by atoms with Crippen LogP contribution < -0.4 is 11.1 Å². The summed E-state index contributed by atoms with van der Waals surface area (Å²) in [4.78, 5) is 15.4. The molecule has 0 radical (unpaired) electrons. The zero-order valence-corrected chi connectivity index (χ0v) is 10.8. The summed E-state index contributed by atoms with van der Waals surface area (Å²) in [7, 11) is 0. The number of amides is 1. The van der Waals surface area contributed by atoms with Crippen LogP contribution in [0.25, 0.3) is 0 Å². The Morgan fingerprint density at radius 1 is 1.65 bits per heavy atom. The van der Waals surface area contributed by atoms with Crippen molar-refractivity contribution in [2.45, 2.75) is 32.9 Å². The quantitative estimate of drug-likeness (QED) is 0.794. The predicted molar refractivity (Wildman–Crippen MR) is 65.5 cm³/mol. The van der Waals surface area contributed by atoms with Crippen molar-refractivity contribution >= 4 is 23.3 Å². The first kappa shape index (κ1) is 13.4. The van der Waals surface area contributed by atoms with Gasteiger partial charge in [0.2, 0.25) is 5.89 Å². The van der Waals surface area contributed by atoms with Gasteiger partial charge in [-0.15, -0.1) is 0 Å². The summed E-state index contributed by atoms with van der Waals surface area (Å²) in [6, 6.07) is 0. The van der Waals surface area contributed by atoms with E-state index >= 15 is 0 Å². The van der Waals surface area contributed by atoms with Gasteiger partial charge in [0.05, 0.1) is 6.54 Å². The van der Waals surface area contributed by atoms with Crippen LogP contribution in [0, 0.1) is 0 Å². The lowest BCUT2D eigenvalue weighted by Gasteiger charge is -2.19. The summed E-state index contributed by atoms with van der Waals surface area (Å²) in [6.45, 7) is 5.46. The molecule has 0 aliphatic rings. The number of hydrogen-bond donors (Lipinski definition) is 2. The summed E-state index contributed by atoms with van der Waals surface area (Å²) >= 11 is 4.73. The maximum absolute atomic E-state index is 11.3. The van der Waals surface area contributed by atoms with E-state index in [0.29, 0.717) is 11.6 Å². The standard InChI is InChI=1S/C10H15N3O3S/c1-10(2,3)16-9(14)12-4-7-13-6(5-15-7)8(11)17/h5H,4H2,1-3H3,(H2,11,17)(H,12,14). The van der Waals surface area contributed by atoms with E-state index in [4.69, 9.17) is 27.1 Å². The third-order valence-corrected chi connectivity index (χ3v) is 1.80. The van der Waals surface area contributed by atoms with Crippen LogP contribution in [-0.4, -0.2) is 21.7 Å². The highest BCUT2D eigenvalue weighted by Crippen LogP contribution is 2.07. The first-order chi connectivity index (χ1) is 7.78. The van der Waals surface area contributed by atoms with Crippen molar-refractivity contribution < 1.29 is 13.9 Å². The Labute approximate surface area is 105 Å². The second kappa shape index (κ2) is 5.13. The van der Waals surface area contributed by atoms with Gasteiger partial charge in [-0.1, -0.05) is 12.2 Å². The number of oxazole rings is 1. The molecule has 0 aliphatic heterocycles. The van der Waals surface area contributed by atoms with Gasteiger partial charge in [0.15, 0.2) is 0 Å². The van der Waals surface area contributed by atoms with Crippen LogP contribution in [0.4, 0.5) is 4.79 Å². The number of hydrogen-bond acceptors (Lipinski definition) is 5. The van der Waals surface area contributed by atoms with Crippen LogP contribution in [0.3, 0.4) is 0 Å². The summed E-state index contributed by atoms with van der Waals surface area (Å²) in [5, 5.41) is 2.51. The van der Waals surface area contributed by atoms with E-state index < -0.39 is 11.7 Å². The summed E-state index contributed by atoms with van der Waals surface area (Å²) in [6.07, 6.45) is 0.807. The van der Waals surface area contributed by atoms with Gasteiger partial charge in [-0.2, -0.15) is 0 Å². The Bertz CT molecular complexity index is 423. The molecule has 1 aromatic rings. The Hall–Kier alpha value is -1.63. The minimum absolute atomic E-state index is 0.123. The maximum Gasteiger partial charge on any atom is 0.408 e. The molecule has 0 atom stereocenters. The number of thiocarbonyl (C=S) groups is 1. The van der Waals surface area contributed by atoms with Crippen molar-refractivity contribution in [2.24, 2.45) is 5.73 Å². The Balaban J connectivity index is 2.45. The fourth-order valence-electron chi connectivity index (χ4n) is 0.967. The van der Waals surface area contributed by atoms with Gasteiger partial charge >= 0.3 is 6.09 Å². The summed E-state index contributed by atoms with van der Waals surface area (Å²) < 4.78 is 10.1. The number of carbonyl (C=O) groups is 1. The molecule has 0 fully saturated rings. The lowest BCUT2D eigenvalue weighted by molar-refractivity contribution is 0.0519. The highest BCUT2D eigenvalue weighted by Gasteiger charge is 2.16. The second-order valence-electron chi connectivity index (χ2n) is 4.35. The van der Waals surface area contributed by atoms with Crippen molar-refractivity contribution in [1.82, 2.24) is 10.3 Å². The predicted octanol–water partition coefficient (Wildman–Crippen LogP) is 1.33. The normalized spacial score (nSPS) is 11.0. The average molecular weight is 257 g/mol. The van der Waals surface area contributed by atoms with Gasteiger partial charge < -0.3 is 20.2 Å². The molecule has 1 amide bonds. The molecule has 0 saturated carbocycles. The first-order valence-electron chi connectivity index (χ1n) is 4.99. The number of nitrogens with two attached hydrogens (primary N) is 1. The molecule has 1 rings (SSSR count). The van der Waals surface area contributed by atoms with Crippen molar-refractivity contribution in [3.8, 4) is 0 Å². The van der Waals surface area contributed by atoms with Gasteiger partial charge in [-0.25, -0.2) is 9.78 Å². The van der Waals surface area contributed by atoms with Gasteiger partial charge in [0.1, 0.15) is 22.5 Å². The van der Waals surface area contributed by atoms with Crippen molar-refractivity contribution in [2.75, 3.05) is 0 Å². The van der Waals surface area contributed by atoms with Crippen molar-refractivity contribution in [3.05, 3.63) is 17.8 Å². The highest BCUT2D eigenvalue weighted by atomic mass is 32.1. The van der Waals surface area contributed by atoms with E-state index in [2.05, 4.69) is 10.3 Å². The molecule has 0 spiro atoms. The fourth-order valence-corrected chi connectivity index (χ4v) is 1.06. The van der Waals surface area contributed by atoms with Gasteiger partial charge in [-0.3, -0.25) is 0 Å². The highest BCUT2D eigenvalue weighted by molar-refractivity contribution is 7.80. The average Bonchev–Trinajstić information content (AvgIpc) is 2.60. The smallest absolute Gasteiger partial charge is 0.408 e. The van der Waals surface area contributed by atoms with Crippen LogP contribution in [-0.2, 0) is 11.3 Å². The van der Waals surface area contributed by atoms with E-state index in [1.807, 2.05) is 0 Å². The monoisotopic (exact) mass is 257 g/mol. The van der Waals surface area contributed by atoms with Crippen LogP contribution in [0.5, 0.6) is 0 Å². The Morgan fingerprint density at radius 3 is 2.76 bits per heavy atom. The van der Waals surface area contributed by atoms with Crippen molar-refractivity contribution in [1.29, 1.82) is 0 Å². The molecule has 3 N–H and O–H groups in total. The third-order valence-electron chi connectivity index (χ3n) is 1.59. The molecule has 7 heteroatoms. The third kappa shape index (κ3) is 4.81. The topological polar surface area (TPSA) is 90.4 Å². The molecule has 0 saturated heterocycles. The lowest BCUT2D eigenvalue weighted by atomic mass is 10.2. The maximum atomic E-state index is 11.3. The van der Waals surface area contributed by atoms with Gasteiger partial charge in [-0.05, 0) is 20.8 Å². The number of nitrogens with zero attached hydrogens (tertiary/aromatic N) is 1. The second-order valence-corrected chi connectivity index (χ2v) is 4.79. The number of nitrogens with one attached hydrogen (secondary N) is 1. The molecular formula is C10H15N3O3S. The molecule has 6 nitrogen and oxygen atoms in total. The molecule has 17 heavy (non-hydrogen) atoms. The molecule has 0 aromatic carbocycles. The fraction of sp³-hybridized carbons (Fsp3) is 0.500. The lowest BCUT2D eigenvalue weighted by Crippen LogP contribution is -2.32. The summed E-state index contributed by atoms with van der Waals surface area (Å²) in [5.74, 6) is 0.318. The molecule has 0 unspecified atom stereocenters. The SMILES string of the molecule is CC(C)(C)OC(=O)NCc1nc(C(N)=S)co1. The Morgan fingerprint density at radius 2 is 2.29 bits per heavy atom. The Kier molecular flexibility index (Phi) is 4.06. The molecular weight excluding hydrogens is 242 g/mol. The van der Waals surface area contributed by atoms with Crippen molar-refractivity contribution in [3.63, 3.8) is 0 Å². The van der Waals surface area contributed by atoms with E-state index in [-0.39, 0.29) is 11.5 Å². The van der Waals surface area contributed by atoms with Crippen LogP contribution >= 0.6 is 12.2 Å². The van der Waals surface area contributed by atoms with Gasteiger partial charge in [0, 0.05) is 0 Å². The largest absolute Gasteiger partial charge is 0.446 e. The first-order valence-corrected chi connectivity index (χ1v) is 5.40. The van der Waals surface area contributed by atoms with E-state index in [9.17, 15) is 4.79 Å². The number of rotatable bonds is 3. The van der Waals surface area contributed by atoms with E-state index in [0.717, 1.165) is 0 Å². The molecule has 1 aromatic heterocycles. The molecule has 0 aliphatic carbocycles. The number of carbonyl (C=O) groups excluding carboxylic acids is 1. The number of ether oxygens (including phenoxy) is 1. The zero-order chi connectivity index (χ0) is 13.1. The zero-order valence-electron chi connectivity index (χ0n) is 9.94. The minimum Gasteiger partial charge on any atom is -0.446 e. The number of aromatic nitrogens is 1. The van der Waals surface area contributed by atoms with Crippen LogP contribution in [0.15, 0.2) is 10.7 Å².